The summed E-state index contributed by atoms with van der Waals surface area (Å²) in [6.07, 6.45) is 12.5. The van der Waals surface area contributed by atoms with E-state index in [2.05, 4.69) is 16.7 Å². The number of hydrogen-bond donors (Lipinski definition) is 1. The minimum Gasteiger partial charge on any atom is -0.383 e. The summed E-state index contributed by atoms with van der Waals surface area (Å²) >= 11 is 0. The first kappa shape index (κ1) is 15.0. The molecule has 23 heavy (non-hydrogen) atoms. The third-order valence-electron chi connectivity index (χ3n) is 3.74. The molecular formula is C18H17FN4. The lowest BCUT2D eigenvalue weighted by Crippen LogP contribution is -2.02. The zero-order valence-electron chi connectivity index (χ0n) is 12.8. The summed E-state index contributed by atoms with van der Waals surface area (Å²) in [6, 6.07) is 1.82. The van der Waals surface area contributed by atoms with Crippen LogP contribution in [0.1, 0.15) is 23.2 Å². The molecule has 0 bridgehead atoms. The summed E-state index contributed by atoms with van der Waals surface area (Å²) in [4.78, 5) is 4.07. The van der Waals surface area contributed by atoms with E-state index in [4.69, 9.17) is 5.73 Å². The predicted molar refractivity (Wildman–Crippen MR) is 91.5 cm³/mol. The summed E-state index contributed by atoms with van der Waals surface area (Å²) in [5.74, 6) is 0.138. The Morgan fingerprint density at radius 3 is 3.04 bits per heavy atom. The second-order valence-electron chi connectivity index (χ2n) is 5.26. The van der Waals surface area contributed by atoms with E-state index in [1.165, 1.54) is 6.08 Å². The highest BCUT2D eigenvalue weighted by atomic mass is 19.1. The molecule has 0 spiro atoms. The van der Waals surface area contributed by atoms with E-state index in [-0.39, 0.29) is 5.83 Å². The molecular weight excluding hydrogens is 291 g/mol. The molecule has 0 amide bonds. The van der Waals surface area contributed by atoms with Gasteiger partial charge in [-0.25, -0.2) is 14.1 Å². The monoisotopic (exact) mass is 308 g/mol. The van der Waals surface area contributed by atoms with E-state index in [0.717, 1.165) is 28.1 Å². The predicted octanol–water partition coefficient (Wildman–Crippen LogP) is 4.00. The summed E-state index contributed by atoms with van der Waals surface area (Å²) in [6.45, 7) is 5.68. The maximum Gasteiger partial charge on any atom is 0.132 e. The molecule has 0 fully saturated rings. The van der Waals surface area contributed by atoms with Crippen LogP contribution in [0.25, 0.3) is 17.3 Å². The van der Waals surface area contributed by atoms with Crippen molar-refractivity contribution in [3.05, 3.63) is 72.0 Å². The Morgan fingerprint density at radius 2 is 2.26 bits per heavy atom. The summed E-state index contributed by atoms with van der Waals surface area (Å²) < 4.78 is 15.4. The molecule has 0 atom stereocenters. The van der Waals surface area contributed by atoms with Crippen LogP contribution in [0, 0.1) is 6.92 Å². The number of hydrogen-bond acceptors (Lipinski definition) is 3. The van der Waals surface area contributed by atoms with Gasteiger partial charge < -0.3 is 5.73 Å². The third-order valence-corrected chi connectivity index (χ3v) is 3.74. The van der Waals surface area contributed by atoms with Gasteiger partial charge in [0.25, 0.3) is 0 Å². The molecule has 0 saturated carbocycles. The van der Waals surface area contributed by atoms with Gasteiger partial charge in [-0.15, -0.1) is 0 Å². The standard InChI is InChI=1S/C18H17FN4/c1-3-15-17(8-9-21-18(15)20)23-11-16(12(2)22-23)13-6-4-5-7-14(19)10-13/h3-5,7-11H,1,6H2,2H3,(H2,20,21). The average Bonchev–Trinajstić information content (AvgIpc) is 2.78. The highest BCUT2D eigenvalue weighted by Gasteiger charge is 2.14. The fraction of sp³-hybridized carbons (Fsp3) is 0.111. The molecule has 1 aliphatic rings. The van der Waals surface area contributed by atoms with Crippen molar-refractivity contribution in [1.82, 2.24) is 14.8 Å². The number of nitrogen functional groups attached to an aromatic ring is 1. The highest BCUT2D eigenvalue weighted by Crippen LogP contribution is 2.28. The van der Waals surface area contributed by atoms with Gasteiger partial charge in [0.05, 0.1) is 11.4 Å². The van der Waals surface area contributed by atoms with E-state index >= 15 is 0 Å². The fourth-order valence-corrected chi connectivity index (χ4v) is 2.60. The van der Waals surface area contributed by atoms with Crippen molar-refractivity contribution in [1.29, 1.82) is 0 Å². The molecule has 0 aliphatic heterocycles. The smallest absolute Gasteiger partial charge is 0.132 e. The lowest BCUT2D eigenvalue weighted by atomic mass is 10.0. The van der Waals surface area contributed by atoms with Gasteiger partial charge in [-0.1, -0.05) is 24.8 Å². The van der Waals surface area contributed by atoms with E-state index in [9.17, 15) is 4.39 Å². The van der Waals surface area contributed by atoms with Gasteiger partial charge in [0.2, 0.25) is 0 Å². The van der Waals surface area contributed by atoms with Crippen LogP contribution in [-0.4, -0.2) is 14.8 Å². The van der Waals surface area contributed by atoms with Crippen molar-refractivity contribution < 1.29 is 4.39 Å². The molecule has 2 aromatic rings. The molecule has 3 rings (SSSR count). The molecule has 2 aromatic heterocycles. The van der Waals surface area contributed by atoms with Crippen molar-refractivity contribution in [3.8, 4) is 5.69 Å². The molecule has 0 saturated heterocycles. The Kier molecular flexibility index (Phi) is 3.93. The van der Waals surface area contributed by atoms with Crippen molar-refractivity contribution in [2.24, 2.45) is 0 Å². The van der Waals surface area contributed by atoms with Crippen LogP contribution in [0.3, 0.4) is 0 Å². The maximum atomic E-state index is 13.7. The number of aromatic nitrogens is 3. The van der Waals surface area contributed by atoms with Crippen LogP contribution >= 0.6 is 0 Å². The Morgan fingerprint density at radius 1 is 1.43 bits per heavy atom. The lowest BCUT2D eigenvalue weighted by molar-refractivity contribution is 0.668. The van der Waals surface area contributed by atoms with Crippen LogP contribution in [0.2, 0.25) is 0 Å². The molecule has 2 heterocycles. The number of nitrogens with two attached hydrogens (primary N) is 1. The topological polar surface area (TPSA) is 56.7 Å². The largest absolute Gasteiger partial charge is 0.383 e. The van der Waals surface area contributed by atoms with Gasteiger partial charge in [0.1, 0.15) is 11.6 Å². The van der Waals surface area contributed by atoms with Crippen LogP contribution in [-0.2, 0) is 0 Å². The normalized spacial score (nSPS) is 14.2. The van der Waals surface area contributed by atoms with Gasteiger partial charge in [-0.05, 0) is 37.1 Å². The van der Waals surface area contributed by atoms with Crippen molar-refractivity contribution in [2.45, 2.75) is 13.3 Å². The second kappa shape index (κ2) is 6.04. The first-order valence-corrected chi connectivity index (χ1v) is 7.27. The summed E-state index contributed by atoms with van der Waals surface area (Å²) in [5, 5.41) is 4.54. The Balaban J connectivity index is 2.09. The highest BCUT2D eigenvalue weighted by molar-refractivity contribution is 5.72. The minimum atomic E-state index is -0.263. The van der Waals surface area contributed by atoms with Gasteiger partial charge in [0.15, 0.2) is 0 Å². The second-order valence-corrected chi connectivity index (χ2v) is 5.26. The SMILES string of the molecule is C=Cc1c(-n2cc(C3=CC(F)=CC=CC3)c(C)n2)ccnc1N. The first-order valence-electron chi connectivity index (χ1n) is 7.27. The molecule has 2 N–H and O–H groups in total. The lowest BCUT2D eigenvalue weighted by Gasteiger charge is -2.07. The number of aryl methyl sites for hydroxylation is 1. The third kappa shape index (κ3) is 2.85. The van der Waals surface area contributed by atoms with Crippen molar-refractivity contribution >= 4 is 17.5 Å². The van der Waals surface area contributed by atoms with E-state index < -0.39 is 0 Å². The van der Waals surface area contributed by atoms with Crippen LogP contribution in [0.4, 0.5) is 10.2 Å². The number of nitrogens with zero attached hydrogens (tertiary/aromatic N) is 3. The van der Waals surface area contributed by atoms with Gasteiger partial charge >= 0.3 is 0 Å². The van der Waals surface area contributed by atoms with Gasteiger partial charge in [-0.2, -0.15) is 5.10 Å². The number of anilines is 1. The Hall–Kier alpha value is -2.95. The Labute approximate surface area is 134 Å². The zero-order valence-corrected chi connectivity index (χ0v) is 12.8. The molecule has 4 nitrogen and oxygen atoms in total. The number of pyridine rings is 1. The first-order chi connectivity index (χ1) is 11.1. The number of rotatable bonds is 3. The van der Waals surface area contributed by atoms with Crippen LogP contribution in [0.5, 0.6) is 0 Å². The van der Waals surface area contributed by atoms with Crippen molar-refractivity contribution in [2.75, 3.05) is 5.73 Å². The van der Waals surface area contributed by atoms with E-state index in [0.29, 0.717) is 12.2 Å². The van der Waals surface area contributed by atoms with E-state index in [1.54, 1.807) is 29.1 Å². The molecule has 0 aromatic carbocycles. The molecule has 0 radical (unpaired) electrons. The summed E-state index contributed by atoms with van der Waals surface area (Å²) in [7, 11) is 0. The minimum absolute atomic E-state index is 0.263. The zero-order chi connectivity index (χ0) is 16.4. The molecule has 1 aliphatic carbocycles. The van der Waals surface area contributed by atoms with E-state index in [1.807, 2.05) is 25.3 Å². The molecule has 5 heteroatoms. The van der Waals surface area contributed by atoms with Gasteiger partial charge in [-0.3, -0.25) is 0 Å². The summed E-state index contributed by atoms with van der Waals surface area (Å²) in [5.41, 5.74) is 10.0. The van der Waals surface area contributed by atoms with Gasteiger partial charge in [0, 0.05) is 23.5 Å². The van der Waals surface area contributed by atoms with Crippen molar-refractivity contribution in [3.63, 3.8) is 0 Å². The fourth-order valence-electron chi connectivity index (χ4n) is 2.60. The van der Waals surface area contributed by atoms with Crippen LogP contribution < -0.4 is 5.73 Å². The molecule has 0 unspecified atom stereocenters. The number of halogens is 1. The molecule has 116 valence electrons. The van der Waals surface area contributed by atoms with Crippen LogP contribution in [0.15, 0.2) is 55.2 Å². The number of allylic oxidation sites excluding steroid dienone is 6. The Bertz CT molecular complexity index is 856. The average molecular weight is 308 g/mol. The quantitative estimate of drug-likeness (QED) is 0.932. The maximum absolute atomic E-state index is 13.7.